The van der Waals surface area contributed by atoms with Crippen LogP contribution in [0.25, 0.3) is 11.3 Å². The maximum Gasteiger partial charge on any atom is 0.150 e. The van der Waals surface area contributed by atoms with E-state index in [1.54, 1.807) is 16.9 Å². The highest BCUT2D eigenvalue weighted by Gasteiger charge is 2.10. The van der Waals surface area contributed by atoms with Gasteiger partial charge in [0.1, 0.15) is 0 Å². The topological polar surface area (TPSA) is 47.8 Å². The van der Waals surface area contributed by atoms with Crippen LogP contribution in [-0.2, 0) is 6.54 Å². The van der Waals surface area contributed by atoms with Gasteiger partial charge >= 0.3 is 0 Å². The van der Waals surface area contributed by atoms with E-state index < -0.39 is 0 Å². The summed E-state index contributed by atoms with van der Waals surface area (Å²) in [4.78, 5) is 11.1. The zero-order valence-electron chi connectivity index (χ0n) is 10.8. The van der Waals surface area contributed by atoms with E-state index in [4.69, 9.17) is 0 Å². The predicted molar refractivity (Wildman–Crippen MR) is 76.4 cm³/mol. The Labute approximate surface area is 116 Å². The molecule has 98 valence electrons. The zero-order chi connectivity index (χ0) is 13.8. The minimum atomic E-state index is 0.628. The average molecular weight is 263 g/mol. The number of aldehydes is 1. The molecular formula is C16H13N3O. The molecule has 0 fully saturated rings. The van der Waals surface area contributed by atoms with Crippen molar-refractivity contribution in [3.63, 3.8) is 0 Å². The number of benzene rings is 2. The molecule has 0 atom stereocenters. The third-order valence-electron chi connectivity index (χ3n) is 3.16. The van der Waals surface area contributed by atoms with Crippen molar-refractivity contribution in [3.8, 4) is 11.3 Å². The maximum absolute atomic E-state index is 11.1. The highest BCUT2D eigenvalue weighted by molar-refractivity contribution is 5.86. The van der Waals surface area contributed by atoms with E-state index >= 15 is 0 Å². The van der Waals surface area contributed by atoms with E-state index in [0.29, 0.717) is 12.1 Å². The van der Waals surface area contributed by atoms with Gasteiger partial charge in [-0.2, -0.15) is 0 Å². The molecule has 0 bridgehead atoms. The SMILES string of the molecule is O=Cc1ccccc1-c1cnnn1Cc1ccccc1. The van der Waals surface area contributed by atoms with Crippen LogP contribution in [0.1, 0.15) is 15.9 Å². The molecule has 0 aliphatic rings. The maximum atomic E-state index is 11.1. The Kier molecular flexibility index (Phi) is 3.37. The van der Waals surface area contributed by atoms with Gasteiger partial charge in [0.05, 0.1) is 18.4 Å². The minimum Gasteiger partial charge on any atom is -0.298 e. The fourth-order valence-corrected chi connectivity index (χ4v) is 2.17. The van der Waals surface area contributed by atoms with Crippen LogP contribution in [0.2, 0.25) is 0 Å². The minimum absolute atomic E-state index is 0.628. The summed E-state index contributed by atoms with van der Waals surface area (Å²) in [5.74, 6) is 0. The molecule has 0 unspecified atom stereocenters. The molecule has 3 aromatic rings. The zero-order valence-corrected chi connectivity index (χ0v) is 10.8. The Morgan fingerprint density at radius 1 is 1.00 bits per heavy atom. The van der Waals surface area contributed by atoms with Crippen LogP contribution in [0.3, 0.4) is 0 Å². The number of aromatic nitrogens is 3. The summed E-state index contributed by atoms with van der Waals surface area (Å²) >= 11 is 0. The molecule has 0 spiro atoms. The van der Waals surface area contributed by atoms with Crippen LogP contribution in [0, 0.1) is 0 Å². The molecule has 4 heteroatoms. The highest BCUT2D eigenvalue weighted by Crippen LogP contribution is 2.22. The Morgan fingerprint density at radius 3 is 2.55 bits per heavy atom. The molecule has 0 aliphatic carbocycles. The molecule has 0 saturated heterocycles. The van der Waals surface area contributed by atoms with Gasteiger partial charge in [0.2, 0.25) is 0 Å². The molecule has 0 saturated carbocycles. The van der Waals surface area contributed by atoms with Crippen molar-refractivity contribution in [1.29, 1.82) is 0 Å². The smallest absolute Gasteiger partial charge is 0.150 e. The fourth-order valence-electron chi connectivity index (χ4n) is 2.17. The summed E-state index contributed by atoms with van der Waals surface area (Å²) in [7, 11) is 0. The largest absolute Gasteiger partial charge is 0.298 e. The normalized spacial score (nSPS) is 10.4. The van der Waals surface area contributed by atoms with Gasteiger partial charge in [-0.3, -0.25) is 4.79 Å². The van der Waals surface area contributed by atoms with E-state index in [0.717, 1.165) is 23.1 Å². The summed E-state index contributed by atoms with van der Waals surface area (Å²) in [5, 5.41) is 8.08. The van der Waals surface area contributed by atoms with Gasteiger partial charge in [-0.15, -0.1) is 5.10 Å². The monoisotopic (exact) mass is 263 g/mol. The predicted octanol–water partition coefficient (Wildman–Crippen LogP) is 2.81. The lowest BCUT2D eigenvalue weighted by Gasteiger charge is -2.08. The Hall–Kier alpha value is -2.75. The summed E-state index contributed by atoms with van der Waals surface area (Å²) < 4.78 is 1.80. The van der Waals surface area contributed by atoms with Crippen molar-refractivity contribution in [2.24, 2.45) is 0 Å². The molecule has 0 radical (unpaired) electrons. The summed E-state index contributed by atoms with van der Waals surface area (Å²) in [5.41, 5.74) is 3.48. The van der Waals surface area contributed by atoms with Gasteiger partial charge < -0.3 is 0 Å². The molecule has 3 rings (SSSR count). The standard InChI is InChI=1S/C16H13N3O/c20-12-14-8-4-5-9-15(14)16-10-17-18-19(16)11-13-6-2-1-3-7-13/h1-10,12H,11H2. The quantitative estimate of drug-likeness (QED) is 0.680. The highest BCUT2D eigenvalue weighted by atomic mass is 16.1. The second-order valence-electron chi connectivity index (χ2n) is 4.47. The van der Waals surface area contributed by atoms with Crippen molar-refractivity contribution in [3.05, 3.63) is 71.9 Å². The second-order valence-corrected chi connectivity index (χ2v) is 4.47. The Bertz CT molecular complexity index is 719. The molecule has 0 N–H and O–H groups in total. The average Bonchev–Trinajstić information content (AvgIpc) is 2.96. The van der Waals surface area contributed by atoms with E-state index in [9.17, 15) is 4.79 Å². The van der Waals surface area contributed by atoms with Gasteiger partial charge in [-0.25, -0.2) is 4.68 Å². The van der Waals surface area contributed by atoms with Crippen LogP contribution in [0.5, 0.6) is 0 Å². The van der Waals surface area contributed by atoms with Crippen LogP contribution >= 0.6 is 0 Å². The first-order valence-corrected chi connectivity index (χ1v) is 6.35. The third-order valence-corrected chi connectivity index (χ3v) is 3.16. The van der Waals surface area contributed by atoms with Crippen molar-refractivity contribution in [1.82, 2.24) is 15.0 Å². The van der Waals surface area contributed by atoms with Gasteiger partial charge in [-0.1, -0.05) is 59.8 Å². The lowest BCUT2D eigenvalue weighted by atomic mass is 10.1. The van der Waals surface area contributed by atoms with Crippen LogP contribution < -0.4 is 0 Å². The van der Waals surface area contributed by atoms with Gasteiger partial charge in [0.25, 0.3) is 0 Å². The molecule has 0 amide bonds. The van der Waals surface area contributed by atoms with Gasteiger partial charge in [-0.05, 0) is 5.56 Å². The second kappa shape index (κ2) is 5.48. The molecule has 20 heavy (non-hydrogen) atoms. The summed E-state index contributed by atoms with van der Waals surface area (Å²) in [6, 6.07) is 17.5. The first kappa shape index (κ1) is 12.3. The molecular weight excluding hydrogens is 250 g/mol. The molecule has 4 nitrogen and oxygen atoms in total. The first-order chi connectivity index (χ1) is 9.88. The Morgan fingerprint density at radius 2 is 1.75 bits per heavy atom. The number of nitrogens with zero attached hydrogens (tertiary/aromatic N) is 3. The van der Waals surface area contributed by atoms with Crippen molar-refractivity contribution >= 4 is 6.29 Å². The molecule has 2 aromatic carbocycles. The number of hydrogen-bond acceptors (Lipinski definition) is 3. The third kappa shape index (κ3) is 2.36. The molecule has 1 heterocycles. The van der Waals surface area contributed by atoms with Crippen LogP contribution in [0.4, 0.5) is 0 Å². The Balaban J connectivity index is 2.00. The summed E-state index contributed by atoms with van der Waals surface area (Å²) in [6.07, 6.45) is 2.54. The van der Waals surface area contributed by atoms with Gasteiger partial charge in [0.15, 0.2) is 6.29 Å². The molecule has 0 aliphatic heterocycles. The number of rotatable bonds is 4. The lowest BCUT2D eigenvalue weighted by molar-refractivity contribution is 0.112. The van der Waals surface area contributed by atoms with Gasteiger partial charge in [0, 0.05) is 11.1 Å². The van der Waals surface area contributed by atoms with Crippen LogP contribution in [-0.4, -0.2) is 21.3 Å². The van der Waals surface area contributed by atoms with E-state index in [1.165, 1.54) is 0 Å². The fraction of sp³-hybridized carbons (Fsp3) is 0.0625. The number of hydrogen-bond donors (Lipinski definition) is 0. The first-order valence-electron chi connectivity index (χ1n) is 6.35. The van der Waals surface area contributed by atoms with E-state index in [2.05, 4.69) is 10.3 Å². The molecule has 1 aromatic heterocycles. The van der Waals surface area contributed by atoms with E-state index in [1.807, 2.05) is 48.5 Å². The summed E-state index contributed by atoms with van der Waals surface area (Å²) in [6.45, 7) is 0.628. The number of carbonyl (C=O) groups is 1. The van der Waals surface area contributed by atoms with E-state index in [-0.39, 0.29) is 0 Å². The van der Waals surface area contributed by atoms with Crippen molar-refractivity contribution in [2.75, 3.05) is 0 Å². The number of carbonyl (C=O) groups excluding carboxylic acids is 1. The lowest BCUT2D eigenvalue weighted by Crippen LogP contribution is -2.04. The van der Waals surface area contributed by atoms with Crippen molar-refractivity contribution in [2.45, 2.75) is 6.54 Å². The van der Waals surface area contributed by atoms with Crippen LogP contribution in [0.15, 0.2) is 60.8 Å². The van der Waals surface area contributed by atoms with Crippen molar-refractivity contribution < 1.29 is 4.79 Å².